The van der Waals surface area contributed by atoms with Crippen LogP contribution in [-0.2, 0) is 0 Å². The molecule has 0 radical (unpaired) electrons. The maximum atomic E-state index is 12.7. The van der Waals surface area contributed by atoms with E-state index in [0.29, 0.717) is 22.5 Å². The van der Waals surface area contributed by atoms with Gasteiger partial charge in [0.25, 0.3) is 11.5 Å². The normalized spacial score (nSPS) is 11.1. The first kappa shape index (κ1) is 17.6. The van der Waals surface area contributed by atoms with Crippen molar-refractivity contribution in [3.05, 3.63) is 82.8 Å². The fourth-order valence-electron chi connectivity index (χ4n) is 3.10. The first-order valence-electron chi connectivity index (χ1n) is 9.05. The highest BCUT2D eigenvalue weighted by molar-refractivity contribution is 6.01. The van der Waals surface area contributed by atoms with Crippen LogP contribution in [0.2, 0.25) is 0 Å². The van der Waals surface area contributed by atoms with E-state index in [2.05, 4.69) is 25.5 Å². The van der Waals surface area contributed by atoms with Gasteiger partial charge in [0.1, 0.15) is 11.2 Å². The molecule has 0 atom stereocenters. The Morgan fingerprint density at radius 1 is 1.13 bits per heavy atom. The number of H-pyrrole nitrogens is 1. The van der Waals surface area contributed by atoms with Crippen LogP contribution in [0.4, 0.5) is 5.82 Å². The van der Waals surface area contributed by atoms with E-state index in [0.717, 1.165) is 5.69 Å². The molecule has 5 rings (SSSR count). The number of amides is 1. The smallest absolute Gasteiger partial charge is 0.292 e. The number of nitrogens with zero attached hydrogens (tertiary/aromatic N) is 5. The Labute approximate surface area is 168 Å². The van der Waals surface area contributed by atoms with Gasteiger partial charge < -0.3 is 9.73 Å². The third-order valence-electron chi connectivity index (χ3n) is 4.45. The summed E-state index contributed by atoms with van der Waals surface area (Å²) in [6.07, 6.45) is 2.88. The second-order valence-corrected chi connectivity index (χ2v) is 6.53. The number of para-hydroxylation sites is 1. The first-order valence-corrected chi connectivity index (χ1v) is 9.05. The van der Waals surface area contributed by atoms with E-state index in [1.54, 1.807) is 29.8 Å². The third kappa shape index (κ3) is 2.96. The second kappa shape index (κ2) is 6.85. The molecule has 2 N–H and O–H groups in total. The highest BCUT2D eigenvalue weighted by Gasteiger charge is 2.18. The average Bonchev–Trinajstić information content (AvgIpc) is 3.48. The number of carbonyl (C=O) groups excluding carboxylic acids is 1. The van der Waals surface area contributed by atoms with Gasteiger partial charge in [-0.2, -0.15) is 19.9 Å². The number of fused-ring (bicyclic) bond motifs is 1. The van der Waals surface area contributed by atoms with Crippen molar-refractivity contribution in [1.29, 1.82) is 0 Å². The van der Waals surface area contributed by atoms with Crippen molar-refractivity contribution in [2.45, 2.75) is 6.92 Å². The van der Waals surface area contributed by atoms with E-state index >= 15 is 0 Å². The highest BCUT2D eigenvalue weighted by Crippen LogP contribution is 2.18. The summed E-state index contributed by atoms with van der Waals surface area (Å²) in [4.78, 5) is 32.3. The quantitative estimate of drug-likeness (QED) is 0.477. The fourth-order valence-corrected chi connectivity index (χ4v) is 3.10. The van der Waals surface area contributed by atoms with E-state index in [9.17, 15) is 9.59 Å². The lowest BCUT2D eigenvalue weighted by molar-refractivity contribution is 0.0996. The fraction of sp³-hybridized carbons (Fsp3) is 0.0500. The first-order chi connectivity index (χ1) is 14.6. The topological polar surface area (TPSA) is 124 Å². The SMILES string of the molecule is Cc1cc(NC(=O)c2ccco2)n(-c2nc3c(cnn3-c3ccccc3)c(=O)[nH]2)n1. The predicted octanol–water partition coefficient (Wildman–Crippen LogP) is 2.45. The van der Waals surface area contributed by atoms with Crippen molar-refractivity contribution < 1.29 is 9.21 Å². The average molecular weight is 401 g/mol. The molecule has 0 spiro atoms. The number of aromatic nitrogens is 6. The van der Waals surface area contributed by atoms with Gasteiger partial charge in [-0.3, -0.25) is 14.6 Å². The molecule has 1 aromatic carbocycles. The molecule has 0 bridgehead atoms. The second-order valence-electron chi connectivity index (χ2n) is 6.53. The van der Waals surface area contributed by atoms with Crippen molar-refractivity contribution in [2.24, 2.45) is 0 Å². The van der Waals surface area contributed by atoms with Gasteiger partial charge in [-0.25, -0.2) is 4.68 Å². The van der Waals surface area contributed by atoms with Crippen molar-refractivity contribution in [3.8, 4) is 11.6 Å². The van der Waals surface area contributed by atoms with Crippen LogP contribution in [0.25, 0.3) is 22.7 Å². The Kier molecular flexibility index (Phi) is 4.02. The lowest BCUT2D eigenvalue weighted by Crippen LogP contribution is -2.18. The van der Waals surface area contributed by atoms with E-state index in [-0.39, 0.29) is 17.3 Å². The van der Waals surface area contributed by atoms with E-state index in [1.165, 1.54) is 17.1 Å². The molecule has 0 aliphatic carbocycles. The largest absolute Gasteiger partial charge is 0.459 e. The standard InChI is InChI=1S/C20H15N7O3/c1-12-10-16(22-19(29)15-8-5-9-30-15)27(25-12)20-23-17-14(18(28)24-20)11-21-26(17)13-6-3-2-4-7-13/h2-11H,1H3,(H,22,29)(H,23,24,28). The number of carbonyl (C=O) groups is 1. The summed E-state index contributed by atoms with van der Waals surface area (Å²) in [6.45, 7) is 1.77. The molecule has 5 aromatic rings. The number of hydrogen-bond acceptors (Lipinski definition) is 6. The van der Waals surface area contributed by atoms with Gasteiger partial charge in [0.05, 0.1) is 23.8 Å². The van der Waals surface area contributed by atoms with Crippen LogP contribution >= 0.6 is 0 Å². The molecule has 148 valence electrons. The van der Waals surface area contributed by atoms with Crippen molar-refractivity contribution >= 4 is 22.8 Å². The third-order valence-corrected chi connectivity index (χ3v) is 4.45. The molecule has 1 amide bonds. The molecule has 0 aliphatic rings. The van der Waals surface area contributed by atoms with E-state index in [1.807, 2.05) is 30.3 Å². The van der Waals surface area contributed by atoms with Crippen LogP contribution < -0.4 is 10.9 Å². The number of aromatic amines is 1. The number of rotatable bonds is 4. The summed E-state index contributed by atoms with van der Waals surface area (Å²) in [6, 6.07) is 14.2. The van der Waals surface area contributed by atoms with Crippen LogP contribution in [0, 0.1) is 6.92 Å². The molecule has 0 fully saturated rings. The predicted molar refractivity (Wildman–Crippen MR) is 108 cm³/mol. The lowest BCUT2D eigenvalue weighted by atomic mass is 10.3. The Bertz CT molecular complexity index is 1410. The van der Waals surface area contributed by atoms with Crippen LogP contribution in [0.5, 0.6) is 0 Å². The summed E-state index contributed by atoms with van der Waals surface area (Å²) in [7, 11) is 0. The number of benzene rings is 1. The lowest BCUT2D eigenvalue weighted by Gasteiger charge is -2.08. The number of aryl methyl sites for hydroxylation is 1. The summed E-state index contributed by atoms with van der Waals surface area (Å²) in [5.74, 6) is 0.188. The van der Waals surface area contributed by atoms with Crippen LogP contribution in [0.1, 0.15) is 16.2 Å². The zero-order valence-electron chi connectivity index (χ0n) is 15.7. The summed E-state index contributed by atoms with van der Waals surface area (Å²) >= 11 is 0. The molecule has 0 saturated carbocycles. The molecule has 0 unspecified atom stereocenters. The van der Waals surface area contributed by atoms with Gasteiger partial charge in [-0.05, 0) is 31.2 Å². The number of hydrogen-bond donors (Lipinski definition) is 2. The number of anilines is 1. The van der Waals surface area contributed by atoms with Crippen LogP contribution in [-0.4, -0.2) is 35.4 Å². The van der Waals surface area contributed by atoms with Gasteiger partial charge >= 0.3 is 0 Å². The van der Waals surface area contributed by atoms with Crippen LogP contribution in [0.15, 0.2) is 70.2 Å². The molecule has 10 heteroatoms. The van der Waals surface area contributed by atoms with Crippen LogP contribution in [0.3, 0.4) is 0 Å². The minimum absolute atomic E-state index is 0.146. The Morgan fingerprint density at radius 3 is 2.73 bits per heavy atom. The Balaban J connectivity index is 1.62. The number of nitrogens with one attached hydrogen (secondary N) is 2. The minimum Gasteiger partial charge on any atom is -0.459 e. The number of furan rings is 1. The summed E-state index contributed by atoms with van der Waals surface area (Å²) < 4.78 is 8.06. The van der Waals surface area contributed by atoms with Gasteiger partial charge in [0.15, 0.2) is 11.4 Å². The highest BCUT2D eigenvalue weighted by atomic mass is 16.3. The molecule has 0 saturated heterocycles. The monoisotopic (exact) mass is 401 g/mol. The Hall–Kier alpha value is -4.47. The minimum atomic E-state index is -0.445. The van der Waals surface area contributed by atoms with Gasteiger partial charge in [-0.1, -0.05) is 18.2 Å². The summed E-state index contributed by atoms with van der Waals surface area (Å²) in [5.41, 5.74) is 1.40. The van der Waals surface area contributed by atoms with Crippen molar-refractivity contribution in [3.63, 3.8) is 0 Å². The maximum absolute atomic E-state index is 12.7. The Morgan fingerprint density at radius 2 is 1.97 bits per heavy atom. The van der Waals surface area contributed by atoms with E-state index in [4.69, 9.17) is 4.42 Å². The van der Waals surface area contributed by atoms with E-state index < -0.39 is 5.91 Å². The molecular weight excluding hydrogens is 386 g/mol. The molecule has 0 aliphatic heterocycles. The molecule has 4 heterocycles. The maximum Gasteiger partial charge on any atom is 0.292 e. The van der Waals surface area contributed by atoms with Gasteiger partial charge in [0, 0.05) is 6.07 Å². The zero-order valence-corrected chi connectivity index (χ0v) is 15.7. The van der Waals surface area contributed by atoms with Crippen molar-refractivity contribution in [2.75, 3.05) is 5.32 Å². The molecule has 4 aromatic heterocycles. The zero-order chi connectivity index (χ0) is 20.7. The molecule has 10 nitrogen and oxygen atoms in total. The molecular formula is C20H15N7O3. The van der Waals surface area contributed by atoms with Gasteiger partial charge in [-0.15, -0.1) is 0 Å². The van der Waals surface area contributed by atoms with Crippen molar-refractivity contribution in [1.82, 2.24) is 29.5 Å². The molecule has 30 heavy (non-hydrogen) atoms. The van der Waals surface area contributed by atoms with Gasteiger partial charge in [0.2, 0.25) is 5.95 Å². The summed E-state index contributed by atoms with van der Waals surface area (Å²) in [5, 5.41) is 11.7.